The molecular formula is C14H21N. The van der Waals surface area contributed by atoms with Crippen LogP contribution < -0.4 is 5.73 Å². The highest BCUT2D eigenvalue weighted by Gasteiger charge is 2.22. The Balaban J connectivity index is 1.71. The zero-order valence-corrected chi connectivity index (χ0v) is 9.36. The molecule has 0 spiro atoms. The molecule has 1 aromatic rings. The number of benzene rings is 1. The van der Waals surface area contributed by atoms with Crippen LogP contribution in [0.1, 0.15) is 37.7 Å². The monoisotopic (exact) mass is 203 g/mol. The van der Waals surface area contributed by atoms with Crippen molar-refractivity contribution in [3.05, 3.63) is 35.9 Å². The zero-order chi connectivity index (χ0) is 10.5. The molecule has 2 rings (SSSR count). The van der Waals surface area contributed by atoms with E-state index in [0.717, 1.165) is 5.92 Å². The molecule has 1 nitrogen and oxygen atoms in total. The molecule has 1 heteroatoms. The fourth-order valence-electron chi connectivity index (χ4n) is 2.64. The average molecular weight is 203 g/mol. The molecule has 1 aliphatic carbocycles. The van der Waals surface area contributed by atoms with Crippen molar-refractivity contribution < 1.29 is 0 Å². The third kappa shape index (κ3) is 3.07. The van der Waals surface area contributed by atoms with Crippen molar-refractivity contribution in [3.8, 4) is 0 Å². The molecule has 2 atom stereocenters. The van der Waals surface area contributed by atoms with Gasteiger partial charge in [0.25, 0.3) is 0 Å². The van der Waals surface area contributed by atoms with Gasteiger partial charge in [0.2, 0.25) is 0 Å². The molecule has 1 aliphatic rings. The van der Waals surface area contributed by atoms with Crippen molar-refractivity contribution in [3.63, 3.8) is 0 Å². The normalized spacial score (nSPS) is 25.7. The highest BCUT2D eigenvalue weighted by atomic mass is 14.7. The maximum absolute atomic E-state index is 6.06. The van der Waals surface area contributed by atoms with Crippen LogP contribution in [0, 0.1) is 5.92 Å². The summed E-state index contributed by atoms with van der Waals surface area (Å²) in [4.78, 5) is 0. The van der Waals surface area contributed by atoms with Gasteiger partial charge >= 0.3 is 0 Å². The van der Waals surface area contributed by atoms with Crippen LogP contribution in [0.4, 0.5) is 0 Å². The molecule has 2 unspecified atom stereocenters. The third-order valence-corrected chi connectivity index (χ3v) is 3.60. The first-order valence-electron chi connectivity index (χ1n) is 6.16. The summed E-state index contributed by atoms with van der Waals surface area (Å²) < 4.78 is 0. The quantitative estimate of drug-likeness (QED) is 0.799. The second-order valence-electron chi connectivity index (χ2n) is 4.73. The van der Waals surface area contributed by atoms with Gasteiger partial charge in [-0.2, -0.15) is 0 Å². The van der Waals surface area contributed by atoms with E-state index >= 15 is 0 Å². The summed E-state index contributed by atoms with van der Waals surface area (Å²) in [6.07, 6.45) is 7.77. The number of hydrogen-bond acceptors (Lipinski definition) is 1. The smallest absolute Gasteiger partial charge is 0.00671 e. The average Bonchev–Trinajstić information content (AvgIpc) is 2.66. The predicted octanol–water partition coefficient (Wildman–Crippen LogP) is 3.14. The lowest BCUT2D eigenvalue weighted by atomic mass is 9.96. The Morgan fingerprint density at radius 3 is 2.60 bits per heavy atom. The van der Waals surface area contributed by atoms with E-state index in [1.165, 1.54) is 44.1 Å². The van der Waals surface area contributed by atoms with E-state index in [9.17, 15) is 0 Å². The van der Waals surface area contributed by atoms with E-state index in [1.807, 2.05) is 0 Å². The molecule has 2 N–H and O–H groups in total. The topological polar surface area (TPSA) is 26.0 Å². The Bertz CT molecular complexity index is 281. The van der Waals surface area contributed by atoms with Gasteiger partial charge in [-0.1, -0.05) is 36.8 Å². The minimum Gasteiger partial charge on any atom is -0.327 e. The van der Waals surface area contributed by atoms with Crippen LogP contribution >= 0.6 is 0 Å². The van der Waals surface area contributed by atoms with Crippen LogP contribution in [-0.2, 0) is 6.42 Å². The minimum atomic E-state index is 0.487. The van der Waals surface area contributed by atoms with E-state index < -0.39 is 0 Å². The van der Waals surface area contributed by atoms with Gasteiger partial charge in [0, 0.05) is 6.04 Å². The fraction of sp³-hybridized carbons (Fsp3) is 0.571. The maximum Gasteiger partial charge on any atom is 0.00671 e. The second kappa shape index (κ2) is 5.32. The van der Waals surface area contributed by atoms with Crippen molar-refractivity contribution in [2.24, 2.45) is 11.7 Å². The molecule has 82 valence electrons. The molecule has 1 fully saturated rings. The zero-order valence-electron chi connectivity index (χ0n) is 9.36. The van der Waals surface area contributed by atoms with Crippen molar-refractivity contribution in [1.82, 2.24) is 0 Å². The van der Waals surface area contributed by atoms with Crippen molar-refractivity contribution in [1.29, 1.82) is 0 Å². The van der Waals surface area contributed by atoms with E-state index in [-0.39, 0.29) is 0 Å². The van der Waals surface area contributed by atoms with Crippen LogP contribution in [0.3, 0.4) is 0 Å². The largest absolute Gasteiger partial charge is 0.327 e. The Morgan fingerprint density at radius 1 is 1.13 bits per heavy atom. The van der Waals surface area contributed by atoms with Gasteiger partial charge in [-0.15, -0.1) is 0 Å². The highest BCUT2D eigenvalue weighted by Crippen LogP contribution is 2.28. The van der Waals surface area contributed by atoms with E-state index in [2.05, 4.69) is 30.3 Å². The van der Waals surface area contributed by atoms with Crippen LogP contribution in [0.15, 0.2) is 30.3 Å². The summed E-state index contributed by atoms with van der Waals surface area (Å²) in [7, 11) is 0. The summed E-state index contributed by atoms with van der Waals surface area (Å²) in [5.74, 6) is 0.800. The maximum atomic E-state index is 6.06. The number of aryl methyl sites for hydroxylation is 1. The predicted molar refractivity (Wildman–Crippen MR) is 64.7 cm³/mol. The van der Waals surface area contributed by atoms with Gasteiger partial charge < -0.3 is 5.73 Å². The summed E-state index contributed by atoms with van der Waals surface area (Å²) >= 11 is 0. The standard InChI is InChI=1S/C14H21N/c15-14-11-5-10-13(14)9-4-8-12-6-2-1-3-7-12/h1-3,6-7,13-14H,4-5,8-11,15H2. The lowest BCUT2D eigenvalue weighted by Gasteiger charge is -2.14. The van der Waals surface area contributed by atoms with Gasteiger partial charge in [0.1, 0.15) is 0 Å². The van der Waals surface area contributed by atoms with Gasteiger partial charge in [-0.25, -0.2) is 0 Å². The van der Waals surface area contributed by atoms with Gasteiger partial charge in [0.15, 0.2) is 0 Å². The third-order valence-electron chi connectivity index (χ3n) is 3.60. The van der Waals surface area contributed by atoms with E-state index in [4.69, 9.17) is 5.73 Å². The van der Waals surface area contributed by atoms with Crippen molar-refractivity contribution in [2.75, 3.05) is 0 Å². The van der Waals surface area contributed by atoms with Crippen molar-refractivity contribution >= 4 is 0 Å². The Kier molecular flexibility index (Phi) is 3.79. The first-order valence-corrected chi connectivity index (χ1v) is 6.16. The van der Waals surface area contributed by atoms with Gasteiger partial charge in [-0.05, 0) is 43.6 Å². The molecule has 0 aliphatic heterocycles. The number of hydrogen-bond donors (Lipinski definition) is 1. The lowest BCUT2D eigenvalue weighted by Crippen LogP contribution is -2.24. The fourth-order valence-corrected chi connectivity index (χ4v) is 2.64. The minimum absolute atomic E-state index is 0.487. The molecule has 0 saturated heterocycles. The van der Waals surface area contributed by atoms with Gasteiger partial charge in [-0.3, -0.25) is 0 Å². The van der Waals surface area contributed by atoms with Crippen LogP contribution in [0.25, 0.3) is 0 Å². The molecule has 0 aromatic heterocycles. The molecule has 1 aromatic carbocycles. The Labute approximate surface area is 92.7 Å². The summed E-state index contributed by atoms with van der Waals surface area (Å²) in [6.45, 7) is 0. The Hall–Kier alpha value is -0.820. The molecule has 0 heterocycles. The van der Waals surface area contributed by atoms with Crippen LogP contribution in [0.5, 0.6) is 0 Å². The van der Waals surface area contributed by atoms with Crippen LogP contribution in [-0.4, -0.2) is 6.04 Å². The highest BCUT2D eigenvalue weighted by molar-refractivity contribution is 5.14. The second-order valence-corrected chi connectivity index (χ2v) is 4.73. The van der Waals surface area contributed by atoms with Crippen molar-refractivity contribution in [2.45, 2.75) is 44.6 Å². The molecule has 15 heavy (non-hydrogen) atoms. The molecule has 1 saturated carbocycles. The molecular weight excluding hydrogens is 182 g/mol. The first-order chi connectivity index (χ1) is 7.36. The Morgan fingerprint density at radius 2 is 1.93 bits per heavy atom. The number of nitrogens with two attached hydrogens (primary N) is 1. The SMILES string of the molecule is NC1CCCC1CCCc1ccccc1. The van der Waals surface area contributed by atoms with Crippen LogP contribution in [0.2, 0.25) is 0 Å². The van der Waals surface area contributed by atoms with E-state index in [1.54, 1.807) is 0 Å². The summed E-state index contributed by atoms with van der Waals surface area (Å²) in [6, 6.07) is 11.2. The molecule has 0 radical (unpaired) electrons. The molecule has 0 amide bonds. The first kappa shape index (κ1) is 10.7. The number of rotatable bonds is 4. The van der Waals surface area contributed by atoms with Gasteiger partial charge in [0.05, 0.1) is 0 Å². The van der Waals surface area contributed by atoms with E-state index in [0.29, 0.717) is 6.04 Å². The lowest BCUT2D eigenvalue weighted by molar-refractivity contribution is 0.433. The molecule has 0 bridgehead atoms. The summed E-state index contributed by atoms with van der Waals surface area (Å²) in [5, 5.41) is 0. The summed E-state index contributed by atoms with van der Waals surface area (Å²) in [5.41, 5.74) is 7.52.